The number of hydrogen-bond donors (Lipinski definition) is 1. The van der Waals surface area contributed by atoms with E-state index in [9.17, 15) is 4.79 Å². The van der Waals surface area contributed by atoms with Gasteiger partial charge in [-0.2, -0.15) is 0 Å². The number of pyridine rings is 1. The van der Waals surface area contributed by atoms with E-state index in [4.69, 9.17) is 0 Å². The molecule has 0 saturated heterocycles. The fourth-order valence-electron chi connectivity index (χ4n) is 4.54. The monoisotopic (exact) mass is 498 g/mol. The lowest BCUT2D eigenvalue weighted by Crippen LogP contribution is -2.37. The van der Waals surface area contributed by atoms with E-state index in [2.05, 4.69) is 88.0 Å². The minimum Gasteiger partial charge on any atom is -0.322 e. The number of thiophene rings is 1. The summed E-state index contributed by atoms with van der Waals surface area (Å²) in [5.74, 6) is 0.645. The number of fused-ring (bicyclic) bond motifs is 1. The van der Waals surface area contributed by atoms with Crippen molar-refractivity contribution >= 4 is 22.2 Å². The van der Waals surface area contributed by atoms with Gasteiger partial charge in [-0.15, -0.1) is 16.4 Å². The number of rotatable bonds is 7. The maximum absolute atomic E-state index is 13.6. The number of nitrogens with zero attached hydrogens (tertiary/aromatic N) is 5. The number of H-pyrrole nitrogens is 1. The molecule has 2 aromatic carbocycles. The number of aromatic nitrogens is 5. The Morgan fingerprint density at radius 1 is 1.03 bits per heavy atom. The third-order valence-corrected chi connectivity index (χ3v) is 7.09. The van der Waals surface area contributed by atoms with Crippen molar-refractivity contribution in [3.8, 4) is 0 Å². The highest BCUT2D eigenvalue weighted by Crippen LogP contribution is 2.32. The van der Waals surface area contributed by atoms with Crippen LogP contribution in [0.25, 0.3) is 10.9 Å². The second-order valence-corrected chi connectivity index (χ2v) is 11.2. The molecule has 184 valence electrons. The normalized spacial score (nSPS) is 12.9. The molecule has 0 radical (unpaired) electrons. The van der Waals surface area contributed by atoms with Crippen LogP contribution in [0.1, 0.15) is 54.2 Å². The van der Waals surface area contributed by atoms with Gasteiger partial charge in [-0.25, -0.2) is 4.68 Å². The molecule has 0 spiro atoms. The van der Waals surface area contributed by atoms with Gasteiger partial charge in [0.05, 0.1) is 5.54 Å². The van der Waals surface area contributed by atoms with E-state index in [-0.39, 0.29) is 11.1 Å². The molecule has 0 amide bonds. The summed E-state index contributed by atoms with van der Waals surface area (Å²) in [6.07, 6.45) is 0. The van der Waals surface area contributed by atoms with E-state index in [0.717, 1.165) is 22.0 Å². The maximum Gasteiger partial charge on any atom is 0.253 e. The van der Waals surface area contributed by atoms with Gasteiger partial charge in [-0.3, -0.25) is 9.69 Å². The second-order valence-electron chi connectivity index (χ2n) is 10.1. The Balaban J connectivity index is 1.72. The van der Waals surface area contributed by atoms with Crippen molar-refractivity contribution in [2.24, 2.45) is 0 Å². The molecule has 0 saturated carbocycles. The first-order valence-electron chi connectivity index (χ1n) is 12.0. The third kappa shape index (κ3) is 5.01. The molecular weight excluding hydrogens is 468 g/mol. The predicted molar refractivity (Wildman–Crippen MR) is 144 cm³/mol. The van der Waals surface area contributed by atoms with Crippen molar-refractivity contribution in [2.75, 3.05) is 0 Å². The standard InChI is InChI=1S/C28H30N6OS/c1-19-12-13-21-16-23(27(35)29-24(21)15-19)25(26-30-31-32-34(26)28(2,3)4)33(18-22-11-8-14-36-22)17-20-9-6-5-7-10-20/h5-16,25H,17-18H2,1-4H3,(H,29,35)/t25-/m1/s1. The topological polar surface area (TPSA) is 79.7 Å². The Labute approximate surface area is 214 Å². The summed E-state index contributed by atoms with van der Waals surface area (Å²) in [5, 5.41) is 15.9. The molecule has 0 unspecified atom stereocenters. The lowest BCUT2D eigenvalue weighted by atomic mass is 10.0. The number of aromatic amines is 1. The summed E-state index contributed by atoms with van der Waals surface area (Å²) in [5.41, 5.74) is 3.21. The number of tetrazole rings is 1. The molecule has 0 bridgehead atoms. The highest BCUT2D eigenvalue weighted by atomic mass is 32.1. The summed E-state index contributed by atoms with van der Waals surface area (Å²) < 4.78 is 1.84. The average molecular weight is 499 g/mol. The van der Waals surface area contributed by atoms with Gasteiger partial charge in [0, 0.05) is 29.0 Å². The van der Waals surface area contributed by atoms with Crippen LogP contribution in [0.4, 0.5) is 0 Å². The summed E-state index contributed by atoms with van der Waals surface area (Å²) in [6, 6.07) is 22.1. The summed E-state index contributed by atoms with van der Waals surface area (Å²) in [4.78, 5) is 20.3. The lowest BCUT2D eigenvalue weighted by molar-refractivity contribution is 0.186. The van der Waals surface area contributed by atoms with Gasteiger partial charge in [0.15, 0.2) is 5.82 Å². The van der Waals surface area contributed by atoms with Crippen LogP contribution in [0, 0.1) is 6.92 Å². The molecule has 36 heavy (non-hydrogen) atoms. The molecule has 3 aromatic heterocycles. The van der Waals surface area contributed by atoms with Crippen molar-refractivity contribution in [3.05, 3.63) is 110 Å². The SMILES string of the molecule is Cc1ccc2cc([C@H](c3nnnn3C(C)(C)C)N(Cc3ccccc3)Cc3cccs3)c(=O)[nH]c2c1. The highest BCUT2D eigenvalue weighted by molar-refractivity contribution is 7.09. The molecule has 0 aliphatic rings. The van der Waals surface area contributed by atoms with E-state index >= 15 is 0 Å². The number of benzene rings is 2. The van der Waals surface area contributed by atoms with Gasteiger partial charge in [0.25, 0.3) is 5.56 Å². The Bertz CT molecular complexity index is 1520. The molecular formula is C28H30N6OS. The fourth-order valence-corrected chi connectivity index (χ4v) is 5.26. The lowest BCUT2D eigenvalue weighted by Gasteiger charge is -2.32. The number of hydrogen-bond acceptors (Lipinski definition) is 6. The van der Waals surface area contributed by atoms with E-state index in [1.54, 1.807) is 11.3 Å². The number of aryl methyl sites for hydroxylation is 1. The van der Waals surface area contributed by atoms with Crippen LogP contribution < -0.4 is 5.56 Å². The molecule has 1 atom stereocenters. The Morgan fingerprint density at radius 2 is 1.83 bits per heavy atom. The summed E-state index contributed by atoms with van der Waals surface area (Å²) in [6.45, 7) is 9.51. The van der Waals surface area contributed by atoms with E-state index < -0.39 is 6.04 Å². The second kappa shape index (κ2) is 9.79. The smallest absolute Gasteiger partial charge is 0.253 e. The van der Waals surface area contributed by atoms with Crippen molar-refractivity contribution in [1.29, 1.82) is 0 Å². The van der Waals surface area contributed by atoms with E-state index in [1.807, 2.05) is 41.9 Å². The quantitative estimate of drug-likeness (QED) is 0.324. The van der Waals surface area contributed by atoms with Crippen LogP contribution in [0.3, 0.4) is 0 Å². The zero-order valence-electron chi connectivity index (χ0n) is 21.0. The van der Waals surface area contributed by atoms with Crippen molar-refractivity contribution in [1.82, 2.24) is 30.1 Å². The maximum atomic E-state index is 13.6. The van der Waals surface area contributed by atoms with Gasteiger partial charge in [0.1, 0.15) is 6.04 Å². The Hall–Kier alpha value is -3.62. The van der Waals surface area contributed by atoms with Crippen LogP contribution in [-0.2, 0) is 18.6 Å². The van der Waals surface area contributed by atoms with Gasteiger partial charge >= 0.3 is 0 Å². The minimum atomic E-state index is -0.462. The highest BCUT2D eigenvalue weighted by Gasteiger charge is 2.33. The summed E-state index contributed by atoms with van der Waals surface area (Å²) >= 11 is 1.70. The van der Waals surface area contributed by atoms with Gasteiger partial charge in [-0.1, -0.05) is 48.5 Å². The summed E-state index contributed by atoms with van der Waals surface area (Å²) in [7, 11) is 0. The largest absolute Gasteiger partial charge is 0.322 e. The Kier molecular flexibility index (Phi) is 6.55. The van der Waals surface area contributed by atoms with Crippen molar-refractivity contribution < 1.29 is 0 Å². The van der Waals surface area contributed by atoms with Crippen LogP contribution in [0.5, 0.6) is 0 Å². The van der Waals surface area contributed by atoms with Crippen LogP contribution in [0.15, 0.2) is 76.9 Å². The van der Waals surface area contributed by atoms with Crippen LogP contribution in [0.2, 0.25) is 0 Å². The molecule has 8 heteroatoms. The minimum absolute atomic E-state index is 0.134. The molecule has 5 aromatic rings. The first kappa shape index (κ1) is 24.1. The number of nitrogens with one attached hydrogen (secondary N) is 1. The van der Waals surface area contributed by atoms with Crippen molar-refractivity contribution in [3.63, 3.8) is 0 Å². The molecule has 7 nitrogen and oxygen atoms in total. The first-order valence-corrected chi connectivity index (χ1v) is 12.9. The molecule has 0 aliphatic heterocycles. The van der Waals surface area contributed by atoms with Gasteiger partial charge in [0.2, 0.25) is 0 Å². The zero-order valence-corrected chi connectivity index (χ0v) is 21.8. The molecule has 0 fully saturated rings. The molecule has 3 heterocycles. The average Bonchev–Trinajstić information content (AvgIpc) is 3.53. The third-order valence-electron chi connectivity index (χ3n) is 6.23. The zero-order chi connectivity index (χ0) is 25.3. The van der Waals surface area contributed by atoms with Gasteiger partial charge < -0.3 is 4.98 Å². The van der Waals surface area contributed by atoms with Crippen molar-refractivity contribution in [2.45, 2.75) is 52.4 Å². The predicted octanol–water partition coefficient (Wildman–Crippen LogP) is 5.43. The van der Waals surface area contributed by atoms with E-state index in [1.165, 1.54) is 4.88 Å². The van der Waals surface area contributed by atoms with Crippen LogP contribution in [-0.4, -0.2) is 30.1 Å². The van der Waals surface area contributed by atoms with E-state index in [0.29, 0.717) is 24.5 Å². The fraction of sp³-hybridized carbons (Fsp3) is 0.286. The molecule has 1 N–H and O–H groups in total. The molecule has 5 rings (SSSR count). The molecule has 0 aliphatic carbocycles. The first-order chi connectivity index (χ1) is 17.3. The van der Waals surface area contributed by atoms with Crippen LogP contribution >= 0.6 is 11.3 Å². The van der Waals surface area contributed by atoms with Gasteiger partial charge in [-0.05, 0) is 78.2 Å². The Morgan fingerprint density at radius 3 is 2.56 bits per heavy atom.